The standard InChI is InChI=1S/C16H16ClNO4S/c17-23(20,21)12-15(14-9-5-2-6-10-14)18-16(19)22-11-13-7-3-1-4-8-13/h1-10,15H,11-12H2,(H,18,19). The molecular formula is C16H16ClNO4S. The highest BCUT2D eigenvalue weighted by Gasteiger charge is 2.21. The first kappa shape index (κ1) is 17.3. The van der Waals surface area contributed by atoms with Crippen LogP contribution in [0.4, 0.5) is 4.79 Å². The molecule has 1 amide bonds. The third kappa shape index (κ3) is 6.30. The van der Waals surface area contributed by atoms with Gasteiger partial charge in [0, 0.05) is 10.7 Å². The molecule has 1 unspecified atom stereocenters. The van der Waals surface area contributed by atoms with Gasteiger partial charge in [0.15, 0.2) is 0 Å². The smallest absolute Gasteiger partial charge is 0.407 e. The fourth-order valence-electron chi connectivity index (χ4n) is 2.01. The highest BCUT2D eigenvalue weighted by molar-refractivity contribution is 8.13. The van der Waals surface area contributed by atoms with Crippen LogP contribution < -0.4 is 5.32 Å². The molecule has 0 saturated heterocycles. The van der Waals surface area contributed by atoms with Crippen molar-refractivity contribution in [3.05, 3.63) is 71.8 Å². The Hall–Kier alpha value is -2.05. The Kier molecular flexibility index (Phi) is 6.01. The van der Waals surface area contributed by atoms with Gasteiger partial charge in [-0.3, -0.25) is 0 Å². The van der Waals surface area contributed by atoms with E-state index in [-0.39, 0.29) is 6.61 Å². The van der Waals surface area contributed by atoms with E-state index in [9.17, 15) is 13.2 Å². The predicted octanol–water partition coefficient (Wildman–Crippen LogP) is 3.22. The van der Waals surface area contributed by atoms with Crippen LogP contribution in [0.5, 0.6) is 0 Å². The van der Waals surface area contributed by atoms with Crippen molar-refractivity contribution in [1.82, 2.24) is 5.32 Å². The van der Waals surface area contributed by atoms with Crippen LogP contribution in [-0.4, -0.2) is 20.3 Å². The van der Waals surface area contributed by atoms with Crippen LogP contribution in [0.3, 0.4) is 0 Å². The summed E-state index contributed by atoms with van der Waals surface area (Å²) in [6, 6.07) is 17.1. The van der Waals surface area contributed by atoms with Crippen molar-refractivity contribution in [2.45, 2.75) is 12.6 Å². The highest BCUT2D eigenvalue weighted by Crippen LogP contribution is 2.17. The van der Waals surface area contributed by atoms with Crippen LogP contribution in [0, 0.1) is 0 Å². The first-order valence-electron chi connectivity index (χ1n) is 6.88. The lowest BCUT2D eigenvalue weighted by Gasteiger charge is -2.17. The molecule has 0 aliphatic carbocycles. The monoisotopic (exact) mass is 353 g/mol. The molecule has 5 nitrogen and oxygen atoms in total. The van der Waals surface area contributed by atoms with E-state index in [0.717, 1.165) is 5.56 Å². The molecule has 0 aliphatic heterocycles. The quantitative estimate of drug-likeness (QED) is 0.809. The molecule has 0 aromatic heterocycles. The van der Waals surface area contributed by atoms with Gasteiger partial charge in [-0.25, -0.2) is 13.2 Å². The maximum absolute atomic E-state index is 11.9. The van der Waals surface area contributed by atoms with Crippen molar-refractivity contribution >= 4 is 25.8 Å². The number of alkyl carbamates (subject to hydrolysis) is 1. The van der Waals surface area contributed by atoms with E-state index in [1.165, 1.54) is 0 Å². The molecule has 0 saturated carbocycles. The number of nitrogens with one attached hydrogen (secondary N) is 1. The van der Waals surface area contributed by atoms with Gasteiger partial charge in [0.2, 0.25) is 9.05 Å². The Balaban J connectivity index is 2.01. The van der Waals surface area contributed by atoms with Crippen LogP contribution in [0.2, 0.25) is 0 Å². The fourth-order valence-corrected chi connectivity index (χ4v) is 3.06. The topological polar surface area (TPSA) is 72.5 Å². The minimum atomic E-state index is -3.78. The Labute approximate surface area is 139 Å². The van der Waals surface area contributed by atoms with Crippen LogP contribution in [0.1, 0.15) is 17.2 Å². The molecule has 2 aromatic carbocycles. The van der Waals surface area contributed by atoms with E-state index in [1.807, 2.05) is 30.3 Å². The number of rotatable bonds is 6. The minimum absolute atomic E-state index is 0.0990. The maximum Gasteiger partial charge on any atom is 0.407 e. The Bertz CT molecular complexity index is 735. The Morgan fingerprint density at radius 3 is 2.17 bits per heavy atom. The first-order valence-corrected chi connectivity index (χ1v) is 9.36. The average Bonchev–Trinajstić information content (AvgIpc) is 2.53. The van der Waals surface area contributed by atoms with Crippen molar-refractivity contribution in [1.29, 1.82) is 0 Å². The zero-order chi connectivity index (χ0) is 16.7. The van der Waals surface area contributed by atoms with Crippen LogP contribution in [-0.2, 0) is 20.4 Å². The highest BCUT2D eigenvalue weighted by atomic mass is 35.7. The molecule has 7 heteroatoms. The third-order valence-electron chi connectivity index (χ3n) is 3.07. The van der Waals surface area contributed by atoms with Gasteiger partial charge >= 0.3 is 6.09 Å². The first-order chi connectivity index (χ1) is 10.9. The number of benzene rings is 2. The molecule has 1 atom stereocenters. The van der Waals surface area contributed by atoms with Gasteiger partial charge in [0.25, 0.3) is 0 Å². The summed E-state index contributed by atoms with van der Waals surface area (Å²) in [5, 5.41) is 2.54. The number of amides is 1. The molecular weight excluding hydrogens is 338 g/mol. The molecule has 0 aliphatic rings. The van der Waals surface area contributed by atoms with Crippen molar-refractivity contribution in [3.63, 3.8) is 0 Å². The van der Waals surface area contributed by atoms with Crippen LogP contribution in [0.25, 0.3) is 0 Å². The lowest BCUT2D eigenvalue weighted by Crippen LogP contribution is -2.32. The molecule has 2 rings (SSSR count). The second-order valence-electron chi connectivity index (χ2n) is 4.87. The molecule has 0 fully saturated rings. The molecule has 122 valence electrons. The van der Waals surface area contributed by atoms with E-state index in [2.05, 4.69) is 5.32 Å². The van der Waals surface area contributed by atoms with E-state index in [4.69, 9.17) is 15.4 Å². The Morgan fingerprint density at radius 1 is 1.04 bits per heavy atom. The molecule has 0 heterocycles. The van der Waals surface area contributed by atoms with Crippen molar-refractivity contribution in [2.24, 2.45) is 0 Å². The minimum Gasteiger partial charge on any atom is -0.445 e. The summed E-state index contributed by atoms with van der Waals surface area (Å²) in [5.41, 5.74) is 1.47. The maximum atomic E-state index is 11.9. The number of halogens is 1. The summed E-state index contributed by atoms with van der Waals surface area (Å²) >= 11 is 0. The van der Waals surface area contributed by atoms with E-state index >= 15 is 0 Å². The van der Waals surface area contributed by atoms with Gasteiger partial charge in [0.05, 0.1) is 11.8 Å². The average molecular weight is 354 g/mol. The third-order valence-corrected chi connectivity index (χ3v) is 4.18. The zero-order valence-corrected chi connectivity index (χ0v) is 13.8. The normalized spacial score (nSPS) is 12.4. The summed E-state index contributed by atoms with van der Waals surface area (Å²) in [6.07, 6.45) is -0.706. The molecule has 0 bridgehead atoms. The van der Waals surface area contributed by atoms with Gasteiger partial charge in [-0.15, -0.1) is 0 Å². The molecule has 2 aromatic rings. The number of carbonyl (C=O) groups is 1. The van der Waals surface area contributed by atoms with Crippen molar-refractivity contribution in [2.75, 3.05) is 5.75 Å². The number of hydrogen-bond donors (Lipinski definition) is 1. The van der Waals surface area contributed by atoms with Gasteiger partial charge in [-0.2, -0.15) is 0 Å². The van der Waals surface area contributed by atoms with Gasteiger partial charge < -0.3 is 10.1 Å². The number of carbonyl (C=O) groups excluding carboxylic acids is 1. The molecule has 23 heavy (non-hydrogen) atoms. The zero-order valence-electron chi connectivity index (χ0n) is 12.2. The lowest BCUT2D eigenvalue weighted by atomic mass is 10.1. The number of ether oxygens (including phenoxy) is 1. The summed E-state index contributed by atoms with van der Waals surface area (Å²) in [7, 11) is 1.53. The SMILES string of the molecule is O=C(NC(CS(=O)(=O)Cl)c1ccccc1)OCc1ccccc1. The molecule has 1 N–H and O–H groups in total. The largest absolute Gasteiger partial charge is 0.445 e. The molecule has 0 spiro atoms. The summed E-state index contributed by atoms with van der Waals surface area (Å²) in [6.45, 7) is 0.0990. The van der Waals surface area contributed by atoms with E-state index < -0.39 is 26.9 Å². The van der Waals surface area contributed by atoms with Crippen molar-refractivity contribution in [3.8, 4) is 0 Å². The van der Waals surface area contributed by atoms with Crippen LogP contribution in [0.15, 0.2) is 60.7 Å². The summed E-state index contributed by atoms with van der Waals surface area (Å²) in [4.78, 5) is 11.9. The predicted molar refractivity (Wildman–Crippen MR) is 88.6 cm³/mol. The Morgan fingerprint density at radius 2 is 1.61 bits per heavy atom. The van der Waals surface area contributed by atoms with Gasteiger partial charge in [0.1, 0.15) is 6.61 Å². The molecule has 0 radical (unpaired) electrons. The van der Waals surface area contributed by atoms with E-state index in [0.29, 0.717) is 5.56 Å². The second-order valence-corrected chi connectivity index (χ2v) is 7.70. The summed E-state index contributed by atoms with van der Waals surface area (Å²) in [5.74, 6) is -0.418. The lowest BCUT2D eigenvalue weighted by molar-refractivity contribution is 0.136. The fraction of sp³-hybridized carbons (Fsp3) is 0.188. The summed E-state index contributed by atoms with van der Waals surface area (Å²) < 4.78 is 27.8. The van der Waals surface area contributed by atoms with Gasteiger partial charge in [-0.05, 0) is 11.1 Å². The van der Waals surface area contributed by atoms with Crippen LogP contribution >= 0.6 is 10.7 Å². The van der Waals surface area contributed by atoms with Crippen molar-refractivity contribution < 1.29 is 17.9 Å². The van der Waals surface area contributed by atoms with Gasteiger partial charge in [-0.1, -0.05) is 60.7 Å². The second kappa shape index (κ2) is 7.99. The van der Waals surface area contributed by atoms with E-state index in [1.54, 1.807) is 30.3 Å². The number of hydrogen-bond acceptors (Lipinski definition) is 4.